The van der Waals surface area contributed by atoms with Gasteiger partial charge >= 0.3 is 0 Å². The number of primary amides is 1. The lowest BCUT2D eigenvalue weighted by atomic mass is 9.86. The Morgan fingerprint density at radius 2 is 1.92 bits per heavy atom. The van der Waals surface area contributed by atoms with Crippen LogP contribution < -0.4 is 16.5 Å². The van der Waals surface area contributed by atoms with Gasteiger partial charge in [0.05, 0.1) is 16.8 Å². The second-order valence-corrected chi connectivity index (χ2v) is 8.20. The fourth-order valence-electron chi connectivity index (χ4n) is 3.22. The van der Waals surface area contributed by atoms with E-state index in [1.54, 1.807) is 19.9 Å². The van der Waals surface area contributed by atoms with E-state index in [9.17, 15) is 9.59 Å². The number of anilines is 1. The van der Waals surface area contributed by atoms with E-state index in [0.717, 1.165) is 10.4 Å². The van der Waals surface area contributed by atoms with Crippen molar-refractivity contribution in [3.63, 3.8) is 0 Å². The van der Waals surface area contributed by atoms with Gasteiger partial charge in [-0.25, -0.2) is 0 Å². The highest BCUT2D eigenvalue weighted by Crippen LogP contribution is 2.48. The SMILES string of the molecule is C/C=N\N/C(=C\C)C(=O)Nc1sc2c(c1C(N)=O)CC(C)(C)OC2(C)C. The molecule has 0 spiro atoms. The van der Waals surface area contributed by atoms with Crippen LogP contribution in [0.2, 0.25) is 0 Å². The zero-order valence-electron chi connectivity index (χ0n) is 16.0. The van der Waals surface area contributed by atoms with Crippen LogP contribution >= 0.6 is 11.3 Å². The van der Waals surface area contributed by atoms with Crippen LogP contribution in [-0.4, -0.2) is 23.6 Å². The second-order valence-electron chi connectivity index (χ2n) is 7.18. The molecule has 0 atom stereocenters. The number of hydrogen-bond acceptors (Lipinski definition) is 6. The van der Waals surface area contributed by atoms with Gasteiger partial charge in [0, 0.05) is 17.5 Å². The van der Waals surface area contributed by atoms with Crippen LogP contribution in [0.5, 0.6) is 0 Å². The van der Waals surface area contributed by atoms with Crippen molar-refractivity contribution in [3.05, 3.63) is 27.8 Å². The molecule has 1 aromatic heterocycles. The predicted octanol–water partition coefficient (Wildman–Crippen LogP) is 2.87. The lowest BCUT2D eigenvalue weighted by molar-refractivity contribution is -0.135. The molecule has 142 valence electrons. The molecule has 0 bridgehead atoms. The summed E-state index contributed by atoms with van der Waals surface area (Å²) in [5.74, 6) is -0.954. The number of allylic oxidation sites excluding steroid dienone is 1. The topological polar surface area (TPSA) is 106 Å². The van der Waals surface area contributed by atoms with Crippen molar-refractivity contribution >= 4 is 34.4 Å². The fourth-order valence-corrected chi connectivity index (χ4v) is 4.48. The van der Waals surface area contributed by atoms with E-state index in [1.807, 2.05) is 27.7 Å². The fraction of sp³-hybridized carbons (Fsp3) is 0.500. The number of thiophene rings is 1. The molecule has 2 rings (SSSR count). The highest BCUT2D eigenvalue weighted by atomic mass is 32.1. The number of hydrogen-bond donors (Lipinski definition) is 3. The zero-order chi connectivity index (χ0) is 19.7. The van der Waals surface area contributed by atoms with Crippen LogP contribution in [0.3, 0.4) is 0 Å². The molecule has 0 aromatic carbocycles. The third-order valence-corrected chi connectivity index (χ3v) is 5.46. The average Bonchev–Trinajstić information content (AvgIpc) is 2.84. The van der Waals surface area contributed by atoms with Gasteiger partial charge in [-0.05, 0) is 47.1 Å². The van der Waals surface area contributed by atoms with Crippen molar-refractivity contribution < 1.29 is 14.3 Å². The summed E-state index contributed by atoms with van der Waals surface area (Å²) in [5.41, 5.74) is 8.78. The number of hydrazone groups is 1. The minimum absolute atomic E-state index is 0.278. The van der Waals surface area contributed by atoms with Crippen LogP contribution in [0.25, 0.3) is 0 Å². The van der Waals surface area contributed by atoms with E-state index in [0.29, 0.717) is 17.0 Å². The van der Waals surface area contributed by atoms with E-state index < -0.39 is 23.0 Å². The van der Waals surface area contributed by atoms with Gasteiger partial charge in [0.1, 0.15) is 10.7 Å². The first-order valence-electron chi connectivity index (χ1n) is 8.40. The van der Waals surface area contributed by atoms with Crippen molar-refractivity contribution in [1.29, 1.82) is 0 Å². The molecule has 0 radical (unpaired) electrons. The highest BCUT2D eigenvalue weighted by Gasteiger charge is 2.42. The smallest absolute Gasteiger partial charge is 0.273 e. The first kappa shape index (κ1) is 20.1. The number of carbonyl (C=O) groups excluding carboxylic acids is 2. The number of carbonyl (C=O) groups is 2. The van der Waals surface area contributed by atoms with Crippen LogP contribution in [0.15, 0.2) is 16.9 Å². The summed E-state index contributed by atoms with van der Waals surface area (Å²) in [5, 5.41) is 7.08. The quantitative estimate of drug-likeness (QED) is 0.416. The number of nitrogens with zero attached hydrogens (tertiary/aromatic N) is 1. The van der Waals surface area contributed by atoms with Crippen molar-refractivity contribution in [3.8, 4) is 0 Å². The molecule has 1 aromatic rings. The maximum atomic E-state index is 12.5. The third-order valence-electron chi connectivity index (χ3n) is 4.01. The molecule has 0 saturated carbocycles. The summed E-state index contributed by atoms with van der Waals surface area (Å²) in [7, 11) is 0. The van der Waals surface area contributed by atoms with Crippen LogP contribution in [0, 0.1) is 0 Å². The van der Waals surface area contributed by atoms with Crippen LogP contribution in [0.4, 0.5) is 5.00 Å². The van der Waals surface area contributed by atoms with Crippen LogP contribution in [0.1, 0.15) is 62.3 Å². The Hall–Kier alpha value is -2.19. The summed E-state index contributed by atoms with van der Waals surface area (Å²) in [4.78, 5) is 25.6. The largest absolute Gasteiger partial charge is 0.365 e. The Kier molecular flexibility index (Phi) is 5.58. The molecule has 26 heavy (non-hydrogen) atoms. The van der Waals surface area contributed by atoms with Crippen molar-refractivity contribution in [2.24, 2.45) is 10.8 Å². The number of rotatable bonds is 5. The predicted molar refractivity (Wildman–Crippen MR) is 104 cm³/mol. The number of ether oxygens (including phenoxy) is 1. The molecule has 8 heteroatoms. The van der Waals surface area contributed by atoms with Crippen molar-refractivity contribution in [2.45, 2.75) is 59.2 Å². The third kappa shape index (κ3) is 3.96. The highest BCUT2D eigenvalue weighted by molar-refractivity contribution is 7.17. The zero-order valence-corrected chi connectivity index (χ0v) is 16.8. The van der Waals surface area contributed by atoms with E-state index in [-0.39, 0.29) is 5.70 Å². The van der Waals surface area contributed by atoms with Crippen LogP contribution in [-0.2, 0) is 21.6 Å². The summed E-state index contributed by atoms with van der Waals surface area (Å²) in [6.07, 6.45) is 3.69. The summed E-state index contributed by atoms with van der Waals surface area (Å²) >= 11 is 1.33. The molecule has 1 aliphatic heterocycles. The number of nitrogens with two attached hydrogens (primary N) is 1. The molecule has 2 amide bonds. The Morgan fingerprint density at radius 3 is 2.46 bits per heavy atom. The lowest BCUT2D eigenvalue weighted by Gasteiger charge is -2.41. The summed E-state index contributed by atoms with van der Waals surface area (Å²) in [6, 6.07) is 0. The maximum absolute atomic E-state index is 12.5. The molecular weight excluding hydrogens is 352 g/mol. The minimum Gasteiger partial charge on any atom is -0.365 e. The first-order chi connectivity index (χ1) is 12.0. The molecule has 0 aliphatic carbocycles. The minimum atomic E-state index is -0.580. The van der Waals surface area contributed by atoms with Gasteiger partial charge in [-0.2, -0.15) is 5.10 Å². The number of fused-ring (bicyclic) bond motifs is 1. The molecule has 4 N–H and O–H groups in total. The molecule has 0 saturated heterocycles. The molecular formula is C18H26N4O3S. The summed E-state index contributed by atoms with van der Waals surface area (Å²) in [6.45, 7) is 11.3. The molecule has 7 nitrogen and oxygen atoms in total. The maximum Gasteiger partial charge on any atom is 0.273 e. The van der Waals surface area contributed by atoms with Gasteiger partial charge in [0.25, 0.3) is 11.8 Å². The molecule has 0 unspecified atom stereocenters. The number of amides is 2. The van der Waals surface area contributed by atoms with Gasteiger partial charge in [-0.3, -0.25) is 15.0 Å². The first-order valence-corrected chi connectivity index (χ1v) is 9.21. The normalized spacial score (nSPS) is 18.5. The van der Waals surface area contributed by atoms with Gasteiger partial charge in [-0.15, -0.1) is 11.3 Å². The van der Waals surface area contributed by atoms with Gasteiger partial charge < -0.3 is 15.8 Å². The van der Waals surface area contributed by atoms with E-state index in [4.69, 9.17) is 10.5 Å². The van der Waals surface area contributed by atoms with E-state index in [2.05, 4.69) is 15.8 Å². The van der Waals surface area contributed by atoms with Crippen molar-refractivity contribution in [2.75, 3.05) is 5.32 Å². The van der Waals surface area contributed by atoms with E-state index >= 15 is 0 Å². The van der Waals surface area contributed by atoms with Crippen molar-refractivity contribution in [1.82, 2.24) is 5.43 Å². The average molecular weight is 378 g/mol. The monoisotopic (exact) mass is 378 g/mol. The number of nitrogens with one attached hydrogen (secondary N) is 2. The lowest BCUT2D eigenvalue weighted by Crippen LogP contribution is -2.42. The Bertz CT molecular complexity index is 791. The Morgan fingerprint density at radius 1 is 1.27 bits per heavy atom. The second kappa shape index (κ2) is 7.20. The molecule has 2 heterocycles. The van der Waals surface area contributed by atoms with E-state index in [1.165, 1.54) is 17.6 Å². The molecule has 0 fully saturated rings. The van der Waals surface area contributed by atoms with Gasteiger partial charge in [0.15, 0.2) is 0 Å². The summed E-state index contributed by atoms with van der Waals surface area (Å²) < 4.78 is 6.17. The van der Waals surface area contributed by atoms with Gasteiger partial charge in [0.2, 0.25) is 0 Å². The standard InChI is InChI=1S/C18H26N4O3S/c1-7-11(22-20-8-2)15(24)21-16-12(14(19)23)10-9-17(3,4)25-18(5,6)13(10)26-16/h7-8,22H,9H2,1-6H3,(H2,19,23)(H,21,24)/b11-7-,20-8-. The Labute approximate surface area is 157 Å². The molecule has 1 aliphatic rings. The Balaban J connectivity index is 2.47. The van der Waals surface area contributed by atoms with Gasteiger partial charge in [-0.1, -0.05) is 6.08 Å².